The fraction of sp³-hybridized carbons (Fsp3) is 0.579. The molecular formula is C19H29N4O2S2+. The van der Waals surface area contributed by atoms with Gasteiger partial charge in [-0.3, -0.25) is 4.57 Å². The lowest BCUT2D eigenvalue weighted by atomic mass is 10.1. The van der Waals surface area contributed by atoms with Crippen molar-refractivity contribution in [3.05, 3.63) is 34.6 Å². The van der Waals surface area contributed by atoms with Gasteiger partial charge in [-0.05, 0) is 38.6 Å². The fourth-order valence-corrected chi connectivity index (χ4v) is 5.91. The van der Waals surface area contributed by atoms with Gasteiger partial charge in [-0.1, -0.05) is 30.7 Å². The summed E-state index contributed by atoms with van der Waals surface area (Å²) in [6, 6.07) is 8.43. The second kappa shape index (κ2) is 8.24. The molecule has 0 amide bonds. The van der Waals surface area contributed by atoms with Crippen LogP contribution in [0.25, 0.3) is 11.4 Å². The zero-order valence-corrected chi connectivity index (χ0v) is 17.9. The summed E-state index contributed by atoms with van der Waals surface area (Å²) in [6.07, 6.45) is 1.70. The van der Waals surface area contributed by atoms with Crippen LogP contribution >= 0.6 is 12.2 Å². The minimum absolute atomic E-state index is 0.126. The van der Waals surface area contributed by atoms with E-state index in [1.165, 1.54) is 10.5 Å². The Kier molecular flexibility index (Phi) is 6.18. The fourth-order valence-electron chi connectivity index (χ4n) is 3.81. The highest BCUT2D eigenvalue weighted by atomic mass is 32.2. The lowest BCUT2D eigenvalue weighted by Gasteiger charge is -2.23. The average Bonchev–Trinajstić information content (AvgIpc) is 3.13. The van der Waals surface area contributed by atoms with E-state index in [-0.39, 0.29) is 11.8 Å². The Morgan fingerprint density at radius 3 is 2.70 bits per heavy atom. The molecule has 1 saturated heterocycles. The van der Waals surface area contributed by atoms with Crippen molar-refractivity contribution in [1.82, 2.24) is 14.3 Å². The molecule has 6 nitrogen and oxygen atoms in total. The Morgan fingerprint density at radius 1 is 1.33 bits per heavy atom. The molecule has 1 fully saturated rings. The molecule has 0 saturated carbocycles. The average molecular weight is 410 g/mol. The third-order valence-corrected chi connectivity index (χ3v) is 7.46. The van der Waals surface area contributed by atoms with Crippen molar-refractivity contribution >= 4 is 22.1 Å². The zero-order valence-electron chi connectivity index (χ0n) is 16.3. The normalized spacial score (nSPS) is 20.0. The second-order valence-corrected chi connectivity index (χ2v) is 9.99. The van der Waals surface area contributed by atoms with Crippen LogP contribution in [0.15, 0.2) is 24.3 Å². The van der Waals surface area contributed by atoms with Crippen LogP contribution in [0.1, 0.15) is 32.3 Å². The third-order valence-electron chi connectivity index (χ3n) is 5.26. The Labute approximate surface area is 166 Å². The Hall–Kier alpha value is -1.51. The van der Waals surface area contributed by atoms with Crippen LogP contribution in [0.5, 0.6) is 0 Å². The number of rotatable bonds is 7. The van der Waals surface area contributed by atoms with Crippen molar-refractivity contribution in [2.45, 2.75) is 52.9 Å². The van der Waals surface area contributed by atoms with Gasteiger partial charge in [-0.15, -0.1) is 5.10 Å². The lowest BCUT2D eigenvalue weighted by molar-refractivity contribution is -0.943. The van der Waals surface area contributed by atoms with Gasteiger partial charge in [-0.2, -0.15) is 4.68 Å². The quantitative estimate of drug-likeness (QED) is 0.709. The first kappa shape index (κ1) is 20.2. The molecule has 8 heteroatoms. The number of aryl methyl sites for hydroxylation is 1. The lowest BCUT2D eigenvalue weighted by Crippen LogP contribution is -3.15. The summed E-state index contributed by atoms with van der Waals surface area (Å²) in [5.74, 6) is 1.45. The smallest absolute Gasteiger partial charge is 0.203 e. The number of benzene rings is 1. The molecule has 2 aromatic rings. The topological polar surface area (TPSA) is 61.3 Å². The largest absolute Gasteiger partial charge is 0.313 e. The molecular weight excluding hydrogens is 380 g/mol. The van der Waals surface area contributed by atoms with Gasteiger partial charge in [-0.25, -0.2) is 8.42 Å². The zero-order chi connectivity index (χ0) is 19.6. The Morgan fingerprint density at radius 2 is 2.11 bits per heavy atom. The molecule has 1 aliphatic heterocycles. The molecule has 27 heavy (non-hydrogen) atoms. The summed E-state index contributed by atoms with van der Waals surface area (Å²) in [5.41, 5.74) is 2.25. The van der Waals surface area contributed by atoms with Gasteiger partial charge < -0.3 is 4.90 Å². The van der Waals surface area contributed by atoms with Gasteiger partial charge in [0.1, 0.15) is 11.8 Å². The first-order valence-electron chi connectivity index (χ1n) is 9.64. The van der Waals surface area contributed by atoms with Crippen molar-refractivity contribution in [2.75, 3.05) is 18.1 Å². The number of nitrogens with one attached hydrogen (secondary N) is 1. The van der Waals surface area contributed by atoms with E-state index < -0.39 is 9.84 Å². The van der Waals surface area contributed by atoms with E-state index in [1.807, 2.05) is 10.7 Å². The van der Waals surface area contributed by atoms with Crippen molar-refractivity contribution < 1.29 is 13.3 Å². The van der Waals surface area contributed by atoms with Gasteiger partial charge in [0.2, 0.25) is 4.77 Å². The molecule has 2 heterocycles. The molecule has 0 aliphatic carbocycles. The van der Waals surface area contributed by atoms with E-state index in [0.29, 0.717) is 17.2 Å². The summed E-state index contributed by atoms with van der Waals surface area (Å²) in [7, 11) is -2.89. The molecule has 0 radical (unpaired) electrons. The summed E-state index contributed by atoms with van der Waals surface area (Å²) in [5, 5.41) is 4.84. The van der Waals surface area contributed by atoms with Gasteiger partial charge in [0.05, 0.1) is 12.3 Å². The van der Waals surface area contributed by atoms with Crippen LogP contribution in [0, 0.1) is 11.7 Å². The van der Waals surface area contributed by atoms with Crippen LogP contribution in [-0.2, 0) is 23.1 Å². The minimum atomic E-state index is -2.89. The summed E-state index contributed by atoms with van der Waals surface area (Å²) >= 11 is 5.73. The van der Waals surface area contributed by atoms with Gasteiger partial charge in [0.25, 0.3) is 0 Å². The van der Waals surface area contributed by atoms with E-state index in [4.69, 9.17) is 17.3 Å². The van der Waals surface area contributed by atoms with E-state index in [2.05, 4.69) is 43.5 Å². The highest BCUT2D eigenvalue weighted by molar-refractivity contribution is 7.91. The second-order valence-electron chi connectivity index (χ2n) is 7.40. The molecule has 0 bridgehead atoms. The Balaban J connectivity index is 1.94. The van der Waals surface area contributed by atoms with Crippen molar-refractivity contribution in [2.24, 2.45) is 0 Å². The molecule has 1 aromatic carbocycles. The Bertz CT molecular complexity index is 962. The van der Waals surface area contributed by atoms with E-state index in [0.717, 1.165) is 37.3 Å². The molecule has 0 spiro atoms. The number of aromatic nitrogens is 3. The predicted octanol–water partition coefficient (Wildman–Crippen LogP) is 1.85. The first-order chi connectivity index (χ1) is 12.8. The number of sulfone groups is 1. The maximum Gasteiger partial charge on any atom is 0.203 e. The standard InChI is InChI=1S/C19H28N4O2S2/c1-4-10-22-18(16-8-6-7-15(3)12-16)20-23(19(22)26)14-21(5-2)17-9-11-27(24,25)13-17/h6-8,12,17H,4-5,9-11,13-14H2,1-3H3/p+1/t17-/m1/s1. The third kappa shape index (κ3) is 4.50. The van der Waals surface area contributed by atoms with Crippen LogP contribution in [0.2, 0.25) is 0 Å². The SMILES string of the molecule is CCCn1c(-c2cccc(C)c2)nn(C[NH+](CC)[C@@H]2CCS(=O)(=O)C2)c1=S. The van der Waals surface area contributed by atoms with Crippen LogP contribution in [0.3, 0.4) is 0 Å². The molecule has 148 valence electrons. The summed E-state index contributed by atoms with van der Waals surface area (Å²) in [4.78, 5) is 1.23. The maximum absolute atomic E-state index is 11.9. The maximum atomic E-state index is 11.9. The van der Waals surface area contributed by atoms with Crippen LogP contribution in [0.4, 0.5) is 0 Å². The van der Waals surface area contributed by atoms with E-state index >= 15 is 0 Å². The molecule has 2 atom stereocenters. The predicted molar refractivity (Wildman–Crippen MR) is 110 cm³/mol. The van der Waals surface area contributed by atoms with Crippen LogP contribution < -0.4 is 4.90 Å². The van der Waals surface area contributed by atoms with Crippen molar-refractivity contribution in [3.63, 3.8) is 0 Å². The molecule has 1 aromatic heterocycles. The first-order valence-corrected chi connectivity index (χ1v) is 11.9. The monoisotopic (exact) mass is 409 g/mol. The van der Waals surface area contributed by atoms with Crippen molar-refractivity contribution in [1.29, 1.82) is 0 Å². The van der Waals surface area contributed by atoms with Crippen LogP contribution in [-0.4, -0.2) is 46.9 Å². The van der Waals surface area contributed by atoms with Gasteiger partial charge in [0.15, 0.2) is 22.3 Å². The minimum Gasteiger partial charge on any atom is -0.313 e. The molecule has 1 N–H and O–H groups in total. The highest BCUT2D eigenvalue weighted by Gasteiger charge is 2.35. The van der Waals surface area contributed by atoms with Gasteiger partial charge >= 0.3 is 0 Å². The summed E-state index contributed by atoms with van der Waals surface area (Å²) < 4.78 is 28.5. The number of quaternary nitrogens is 1. The highest BCUT2D eigenvalue weighted by Crippen LogP contribution is 2.20. The molecule has 3 rings (SSSR count). The van der Waals surface area contributed by atoms with E-state index in [9.17, 15) is 8.42 Å². The number of nitrogens with zero attached hydrogens (tertiary/aromatic N) is 3. The van der Waals surface area contributed by atoms with E-state index in [1.54, 1.807) is 0 Å². The summed E-state index contributed by atoms with van der Waals surface area (Å²) in [6.45, 7) is 8.57. The molecule has 1 aliphatic rings. The number of hydrogen-bond acceptors (Lipinski definition) is 4. The number of hydrogen-bond donors (Lipinski definition) is 1. The molecule has 1 unspecified atom stereocenters. The van der Waals surface area contributed by atoms with Crippen molar-refractivity contribution in [3.8, 4) is 11.4 Å². The van der Waals surface area contributed by atoms with Gasteiger partial charge in [0, 0.05) is 18.5 Å².